The average molecular weight is 202 g/mol. The van der Waals surface area contributed by atoms with Crippen molar-refractivity contribution >= 4 is 11.6 Å². The quantitative estimate of drug-likeness (QED) is 0.550. The minimum absolute atomic E-state index is 0.0400. The SMILES string of the molecule is CCC(Cl)/C=C\C=C(/N)C(C)(C)C. The lowest BCUT2D eigenvalue weighted by Gasteiger charge is -2.18. The zero-order valence-corrected chi connectivity index (χ0v) is 9.73. The Morgan fingerprint density at radius 3 is 2.38 bits per heavy atom. The first-order valence-electron chi connectivity index (χ1n) is 4.66. The average Bonchev–Trinajstić information content (AvgIpc) is 2.02. The molecule has 2 heteroatoms. The Morgan fingerprint density at radius 2 is 2.00 bits per heavy atom. The Morgan fingerprint density at radius 1 is 1.46 bits per heavy atom. The van der Waals surface area contributed by atoms with Gasteiger partial charge in [0.2, 0.25) is 0 Å². The molecule has 1 atom stereocenters. The molecule has 0 aromatic rings. The van der Waals surface area contributed by atoms with E-state index in [1.54, 1.807) is 0 Å². The molecule has 0 amide bonds. The monoisotopic (exact) mass is 201 g/mol. The smallest absolute Gasteiger partial charge is 0.0516 e. The number of nitrogens with two attached hydrogens (primary N) is 1. The molecule has 0 aromatic heterocycles. The number of halogens is 1. The van der Waals surface area contributed by atoms with E-state index in [2.05, 4.69) is 27.7 Å². The third kappa shape index (κ3) is 5.75. The molecule has 0 rings (SSSR count). The van der Waals surface area contributed by atoms with E-state index in [9.17, 15) is 0 Å². The van der Waals surface area contributed by atoms with Crippen LogP contribution in [0.1, 0.15) is 34.1 Å². The van der Waals surface area contributed by atoms with E-state index < -0.39 is 0 Å². The summed E-state index contributed by atoms with van der Waals surface area (Å²) < 4.78 is 0. The van der Waals surface area contributed by atoms with Crippen molar-refractivity contribution in [3.05, 3.63) is 23.9 Å². The summed E-state index contributed by atoms with van der Waals surface area (Å²) in [5, 5.41) is 0.115. The maximum atomic E-state index is 5.91. The van der Waals surface area contributed by atoms with Gasteiger partial charge < -0.3 is 5.73 Å². The summed E-state index contributed by atoms with van der Waals surface area (Å²) in [6, 6.07) is 0. The van der Waals surface area contributed by atoms with E-state index in [1.165, 1.54) is 0 Å². The number of rotatable bonds is 3. The summed E-state index contributed by atoms with van der Waals surface area (Å²) in [6.07, 6.45) is 6.76. The van der Waals surface area contributed by atoms with Crippen LogP contribution in [0, 0.1) is 5.41 Å². The van der Waals surface area contributed by atoms with Crippen LogP contribution in [0.3, 0.4) is 0 Å². The lowest BCUT2D eigenvalue weighted by atomic mass is 9.92. The molecule has 13 heavy (non-hydrogen) atoms. The first kappa shape index (κ1) is 12.6. The van der Waals surface area contributed by atoms with Gasteiger partial charge in [-0.2, -0.15) is 0 Å². The molecule has 0 fully saturated rings. The second-order valence-electron chi connectivity index (χ2n) is 4.18. The van der Waals surface area contributed by atoms with Crippen LogP contribution in [0.2, 0.25) is 0 Å². The molecule has 0 heterocycles. The molecule has 1 unspecified atom stereocenters. The van der Waals surface area contributed by atoms with Crippen molar-refractivity contribution in [2.24, 2.45) is 11.1 Å². The molecule has 1 nitrogen and oxygen atoms in total. The lowest BCUT2D eigenvalue weighted by molar-refractivity contribution is 0.497. The highest BCUT2D eigenvalue weighted by Gasteiger charge is 2.11. The third-order valence-electron chi connectivity index (χ3n) is 1.85. The summed E-state index contributed by atoms with van der Waals surface area (Å²) in [4.78, 5) is 0. The van der Waals surface area contributed by atoms with Gasteiger partial charge >= 0.3 is 0 Å². The first-order chi connectivity index (χ1) is 5.88. The van der Waals surface area contributed by atoms with Gasteiger partial charge in [0, 0.05) is 11.1 Å². The van der Waals surface area contributed by atoms with Crippen molar-refractivity contribution in [3.63, 3.8) is 0 Å². The number of hydrogen-bond donors (Lipinski definition) is 1. The molecule has 76 valence electrons. The minimum atomic E-state index is 0.0400. The molecule has 0 aromatic carbocycles. The molecular formula is C11H20ClN. The van der Waals surface area contributed by atoms with Gasteiger partial charge in [0.05, 0.1) is 5.38 Å². The summed E-state index contributed by atoms with van der Waals surface area (Å²) in [5.74, 6) is 0. The van der Waals surface area contributed by atoms with Crippen LogP contribution in [0.25, 0.3) is 0 Å². The van der Waals surface area contributed by atoms with Gasteiger partial charge in [0.25, 0.3) is 0 Å². The molecule has 0 aliphatic heterocycles. The van der Waals surface area contributed by atoms with Gasteiger partial charge in [-0.25, -0.2) is 0 Å². The molecule has 0 spiro atoms. The Labute approximate surface area is 86.7 Å². The topological polar surface area (TPSA) is 26.0 Å². The van der Waals surface area contributed by atoms with Crippen LogP contribution in [0.4, 0.5) is 0 Å². The van der Waals surface area contributed by atoms with Gasteiger partial charge in [-0.3, -0.25) is 0 Å². The minimum Gasteiger partial charge on any atom is -0.402 e. The maximum Gasteiger partial charge on any atom is 0.0516 e. The van der Waals surface area contributed by atoms with Gasteiger partial charge in [0.15, 0.2) is 0 Å². The lowest BCUT2D eigenvalue weighted by Crippen LogP contribution is -2.16. The predicted octanol–water partition coefficient (Wildman–Crippen LogP) is 3.45. The number of alkyl halides is 1. The zero-order chi connectivity index (χ0) is 10.5. The van der Waals surface area contributed by atoms with Crippen LogP contribution in [0.15, 0.2) is 23.9 Å². The molecule has 0 aliphatic rings. The second-order valence-corrected chi connectivity index (χ2v) is 4.74. The van der Waals surface area contributed by atoms with Crippen molar-refractivity contribution in [2.45, 2.75) is 39.5 Å². The van der Waals surface area contributed by atoms with E-state index in [1.807, 2.05) is 18.2 Å². The van der Waals surface area contributed by atoms with Gasteiger partial charge in [0.1, 0.15) is 0 Å². The molecule has 0 saturated heterocycles. The van der Waals surface area contributed by atoms with E-state index >= 15 is 0 Å². The molecule has 0 radical (unpaired) electrons. The second kappa shape index (κ2) is 5.33. The highest BCUT2D eigenvalue weighted by atomic mass is 35.5. The van der Waals surface area contributed by atoms with Crippen LogP contribution in [-0.4, -0.2) is 5.38 Å². The fraction of sp³-hybridized carbons (Fsp3) is 0.636. The summed E-state index contributed by atoms with van der Waals surface area (Å²) in [6.45, 7) is 8.32. The van der Waals surface area contributed by atoms with Crippen molar-refractivity contribution in [1.29, 1.82) is 0 Å². The maximum absolute atomic E-state index is 5.91. The standard InChI is InChI=1S/C11H20ClN/c1-5-9(12)7-6-8-10(13)11(2,3)4/h6-9H,5,13H2,1-4H3/b7-6-,10-8-. The fourth-order valence-corrected chi connectivity index (χ4v) is 0.750. The zero-order valence-electron chi connectivity index (χ0n) is 8.97. The van der Waals surface area contributed by atoms with Crippen LogP contribution < -0.4 is 5.73 Å². The number of hydrogen-bond acceptors (Lipinski definition) is 1. The van der Waals surface area contributed by atoms with Crippen molar-refractivity contribution in [2.75, 3.05) is 0 Å². The van der Waals surface area contributed by atoms with Gasteiger partial charge in [-0.05, 0) is 12.5 Å². The Kier molecular flexibility index (Phi) is 5.16. The third-order valence-corrected chi connectivity index (χ3v) is 2.31. The molecule has 0 saturated carbocycles. The molecule has 2 N–H and O–H groups in total. The van der Waals surface area contributed by atoms with E-state index in [0.717, 1.165) is 12.1 Å². The van der Waals surface area contributed by atoms with E-state index in [-0.39, 0.29) is 10.8 Å². The fourth-order valence-electron chi connectivity index (χ4n) is 0.666. The highest BCUT2D eigenvalue weighted by Crippen LogP contribution is 2.20. The Balaban J connectivity index is 4.19. The van der Waals surface area contributed by atoms with Crippen molar-refractivity contribution < 1.29 is 0 Å². The molecule has 0 aliphatic carbocycles. The van der Waals surface area contributed by atoms with Crippen LogP contribution in [-0.2, 0) is 0 Å². The van der Waals surface area contributed by atoms with Crippen LogP contribution in [0.5, 0.6) is 0 Å². The summed E-state index contributed by atoms with van der Waals surface area (Å²) >= 11 is 5.91. The van der Waals surface area contributed by atoms with E-state index in [4.69, 9.17) is 17.3 Å². The number of allylic oxidation sites excluding steroid dienone is 4. The molecular weight excluding hydrogens is 182 g/mol. The Bertz CT molecular complexity index is 199. The first-order valence-corrected chi connectivity index (χ1v) is 5.10. The normalized spacial score (nSPS) is 16.5. The highest BCUT2D eigenvalue weighted by molar-refractivity contribution is 6.21. The van der Waals surface area contributed by atoms with Crippen molar-refractivity contribution in [3.8, 4) is 0 Å². The van der Waals surface area contributed by atoms with Crippen molar-refractivity contribution in [1.82, 2.24) is 0 Å². The van der Waals surface area contributed by atoms with Gasteiger partial charge in [-0.15, -0.1) is 11.6 Å². The van der Waals surface area contributed by atoms with Crippen LogP contribution >= 0.6 is 11.6 Å². The summed E-state index contributed by atoms with van der Waals surface area (Å²) in [7, 11) is 0. The summed E-state index contributed by atoms with van der Waals surface area (Å²) in [5.41, 5.74) is 6.76. The Hall–Kier alpha value is -0.430. The predicted molar refractivity (Wildman–Crippen MR) is 60.8 cm³/mol. The largest absolute Gasteiger partial charge is 0.402 e. The molecule has 0 bridgehead atoms. The van der Waals surface area contributed by atoms with E-state index in [0.29, 0.717) is 0 Å². The van der Waals surface area contributed by atoms with Gasteiger partial charge in [-0.1, -0.05) is 39.8 Å².